The molecule has 0 spiro atoms. The predicted molar refractivity (Wildman–Crippen MR) is 129 cm³/mol. The molecule has 1 saturated heterocycles. The third-order valence-electron chi connectivity index (χ3n) is 6.15. The Labute approximate surface area is 198 Å². The lowest BCUT2D eigenvalue weighted by Gasteiger charge is -2.27. The van der Waals surface area contributed by atoms with Crippen LogP contribution in [-0.4, -0.2) is 48.8 Å². The standard InChI is InChI=1S/C24H28N4O5S/c1-17-22(24(30)28(26(17)2)18-10-6-4-7-11-18)25-34(31,32)19-12-13-21(33-3)20(16-19)23(29)27-14-8-5-9-15-27/h4,6-7,10-13,16,25H,5,8-9,14-15H2,1-3H3. The van der Waals surface area contributed by atoms with Crippen LogP contribution >= 0.6 is 0 Å². The van der Waals surface area contributed by atoms with Crippen molar-refractivity contribution in [1.82, 2.24) is 14.3 Å². The number of hydrogen-bond acceptors (Lipinski definition) is 5. The minimum atomic E-state index is -4.16. The Morgan fingerprint density at radius 1 is 1.03 bits per heavy atom. The number of likely N-dealkylation sites (tertiary alicyclic amines) is 1. The fourth-order valence-corrected chi connectivity index (χ4v) is 5.31. The third-order valence-corrected chi connectivity index (χ3v) is 7.49. The van der Waals surface area contributed by atoms with E-state index in [0.717, 1.165) is 19.3 Å². The van der Waals surface area contributed by atoms with Gasteiger partial charge < -0.3 is 9.64 Å². The van der Waals surface area contributed by atoms with Crippen molar-refractivity contribution in [2.45, 2.75) is 31.1 Å². The molecule has 0 radical (unpaired) electrons. The molecule has 2 aromatic carbocycles. The molecule has 34 heavy (non-hydrogen) atoms. The Kier molecular flexibility index (Phi) is 6.52. The Hall–Kier alpha value is -3.53. The quantitative estimate of drug-likeness (QED) is 0.580. The molecule has 1 fully saturated rings. The van der Waals surface area contributed by atoms with Gasteiger partial charge in [-0.25, -0.2) is 13.1 Å². The van der Waals surface area contributed by atoms with E-state index in [1.54, 1.807) is 47.8 Å². The highest BCUT2D eigenvalue weighted by atomic mass is 32.2. The Balaban J connectivity index is 1.71. The summed E-state index contributed by atoms with van der Waals surface area (Å²) in [5.41, 5.74) is 0.704. The Morgan fingerprint density at radius 3 is 2.35 bits per heavy atom. The Bertz CT molecular complexity index is 1370. The average Bonchev–Trinajstić information content (AvgIpc) is 3.06. The molecule has 0 saturated carbocycles. The minimum absolute atomic E-state index is 0.0499. The van der Waals surface area contributed by atoms with E-state index in [1.165, 1.54) is 30.0 Å². The number of para-hydroxylation sites is 1. The topological polar surface area (TPSA) is 103 Å². The van der Waals surface area contributed by atoms with Crippen molar-refractivity contribution >= 4 is 21.6 Å². The van der Waals surface area contributed by atoms with Crippen molar-refractivity contribution in [3.8, 4) is 11.4 Å². The second-order valence-electron chi connectivity index (χ2n) is 8.26. The molecular weight excluding hydrogens is 456 g/mol. The molecule has 0 unspecified atom stereocenters. The van der Waals surface area contributed by atoms with E-state index in [-0.39, 0.29) is 22.1 Å². The zero-order chi connectivity index (χ0) is 24.5. The summed E-state index contributed by atoms with van der Waals surface area (Å²) in [6.45, 7) is 2.91. The molecule has 9 nitrogen and oxygen atoms in total. The summed E-state index contributed by atoms with van der Waals surface area (Å²) in [5.74, 6) is 0.0350. The molecule has 1 aliphatic heterocycles. The molecule has 1 N–H and O–H groups in total. The fraction of sp³-hybridized carbons (Fsp3) is 0.333. The number of amides is 1. The zero-order valence-corrected chi connectivity index (χ0v) is 20.3. The Morgan fingerprint density at radius 2 is 1.71 bits per heavy atom. The van der Waals surface area contributed by atoms with E-state index in [0.29, 0.717) is 30.2 Å². The van der Waals surface area contributed by atoms with Crippen molar-refractivity contribution in [1.29, 1.82) is 0 Å². The molecule has 0 atom stereocenters. The lowest BCUT2D eigenvalue weighted by atomic mass is 10.1. The monoisotopic (exact) mass is 484 g/mol. The molecule has 2 heterocycles. The van der Waals surface area contributed by atoms with Crippen molar-refractivity contribution in [2.75, 3.05) is 24.9 Å². The van der Waals surface area contributed by atoms with E-state index in [9.17, 15) is 18.0 Å². The lowest BCUT2D eigenvalue weighted by molar-refractivity contribution is 0.0720. The highest BCUT2D eigenvalue weighted by molar-refractivity contribution is 7.92. The second kappa shape index (κ2) is 9.38. The van der Waals surface area contributed by atoms with Gasteiger partial charge in [0.15, 0.2) is 0 Å². The first-order valence-electron chi connectivity index (χ1n) is 11.1. The van der Waals surface area contributed by atoms with Crippen molar-refractivity contribution in [2.24, 2.45) is 7.05 Å². The first-order chi connectivity index (χ1) is 16.2. The van der Waals surface area contributed by atoms with E-state index < -0.39 is 15.6 Å². The van der Waals surface area contributed by atoms with Crippen molar-refractivity contribution in [3.05, 3.63) is 70.1 Å². The lowest BCUT2D eigenvalue weighted by Crippen LogP contribution is -2.35. The van der Waals surface area contributed by atoms with E-state index in [2.05, 4.69) is 4.72 Å². The van der Waals surface area contributed by atoms with Gasteiger partial charge in [0, 0.05) is 20.1 Å². The number of methoxy groups -OCH3 is 1. The molecule has 10 heteroatoms. The first kappa shape index (κ1) is 23.6. The van der Waals surface area contributed by atoms with Gasteiger partial charge in [0.05, 0.1) is 29.0 Å². The number of piperidine rings is 1. The smallest absolute Gasteiger partial charge is 0.296 e. The normalized spacial score (nSPS) is 14.1. The van der Waals surface area contributed by atoms with Crippen LogP contribution in [0.2, 0.25) is 0 Å². The molecular formula is C24H28N4O5S. The van der Waals surface area contributed by atoms with Crippen LogP contribution in [0.5, 0.6) is 5.75 Å². The molecule has 180 valence electrons. The molecule has 1 aliphatic rings. The number of nitrogens with zero attached hydrogens (tertiary/aromatic N) is 3. The summed E-state index contributed by atoms with van der Waals surface area (Å²) in [6, 6.07) is 13.1. The zero-order valence-electron chi connectivity index (χ0n) is 19.4. The van der Waals surface area contributed by atoms with E-state index >= 15 is 0 Å². The number of hydrogen-bond donors (Lipinski definition) is 1. The van der Waals surface area contributed by atoms with Gasteiger partial charge in [0.25, 0.3) is 21.5 Å². The number of anilines is 1. The third kappa shape index (κ3) is 4.33. The average molecular weight is 485 g/mol. The SMILES string of the molecule is COc1ccc(S(=O)(=O)Nc2c(C)n(C)n(-c3ccccc3)c2=O)cc1C(=O)N1CCCCC1. The number of ether oxygens (including phenoxy) is 1. The largest absolute Gasteiger partial charge is 0.496 e. The first-order valence-corrected chi connectivity index (χ1v) is 12.6. The van der Waals surface area contributed by atoms with Gasteiger partial charge in [-0.2, -0.15) is 0 Å². The van der Waals surface area contributed by atoms with Gasteiger partial charge in [0.2, 0.25) is 0 Å². The van der Waals surface area contributed by atoms with Gasteiger partial charge >= 0.3 is 0 Å². The number of carbonyl (C=O) groups is 1. The maximum atomic E-state index is 13.3. The molecule has 0 aliphatic carbocycles. The summed E-state index contributed by atoms with van der Waals surface area (Å²) >= 11 is 0. The molecule has 4 rings (SSSR count). The van der Waals surface area contributed by atoms with Gasteiger partial charge in [-0.05, 0) is 56.5 Å². The summed E-state index contributed by atoms with van der Waals surface area (Å²) < 4.78 is 37.3. The maximum Gasteiger partial charge on any atom is 0.296 e. The molecule has 1 amide bonds. The summed E-state index contributed by atoms with van der Waals surface area (Å²) in [5, 5.41) is 0. The van der Waals surface area contributed by atoms with Crippen LogP contribution in [0.1, 0.15) is 35.3 Å². The van der Waals surface area contributed by atoms with E-state index in [4.69, 9.17) is 4.74 Å². The number of carbonyl (C=O) groups excluding carboxylic acids is 1. The van der Waals surface area contributed by atoms with Crippen LogP contribution in [0, 0.1) is 6.92 Å². The van der Waals surface area contributed by atoms with Gasteiger partial charge in [-0.15, -0.1) is 0 Å². The number of aromatic nitrogens is 2. The number of sulfonamides is 1. The highest BCUT2D eigenvalue weighted by Crippen LogP contribution is 2.27. The maximum absolute atomic E-state index is 13.3. The molecule has 1 aromatic heterocycles. The van der Waals surface area contributed by atoms with Crippen LogP contribution in [0.25, 0.3) is 5.69 Å². The van der Waals surface area contributed by atoms with Crippen LogP contribution in [0.3, 0.4) is 0 Å². The van der Waals surface area contributed by atoms with Crippen LogP contribution in [0.15, 0.2) is 58.2 Å². The van der Waals surface area contributed by atoms with Gasteiger partial charge in [-0.3, -0.25) is 19.0 Å². The second-order valence-corrected chi connectivity index (χ2v) is 9.94. The van der Waals surface area contributed by atoms with Gasteiger partial charge in [-0.1, -0.05) is 18.2 Å². The number of benzene rings is 2. The van der Waals surface area contributed by atoms with Crippen LogP contribution in [-0.2, 0) is 17.1 Å². The van der Waals surface area contributed by atoms with Crippen molar-refractivity contribution < 1.29 is 17.9 Å². The number of nitrogens with one attached hydrogen (secondary N) is 1. The van der Waals surface area contributed by atoms with Crippen LogP contribution in [0.4, 0.5) is 5.69 Å². The predicted octanol–water partition coefficient (Wildman–Crippen LogP) is 2.92. The highest BCUT2D eigenvalue weighted by Gasteiger charge is 2.26. The number of rotatable bonds is 6. The summed E-state index contributed by atoms with van der Waals surface area (Å²) in [7, 11) is -1.04. The van der Waals surface area contributed by atoms with E-state index in [1.807, 2.05) is 6.07 Å². The van der Waals surface area contributed by atoms with Crippen molar-refractivity contribution in [3.63, 3.8) is 0 Å². The van der Waals surface area contributed by atoms with Gasteiger partial charge in [0.1, 0.15) is 11.4 Å². The van der Waals surface area contributed by atoms with Crippen LogP contribution < -0.4 is 15.0 Å². The fourth-order valence-electron chi connectivity index (χ4n) is 4.17. The summed E-state index contributed by atoms with van der Waals surface area (Å²) in [6.07, 6.45) is 2.89. The molecule has 0 bridgehead atoms. The summed E-state index contributed by atoms with van der Waals surface area (Å²) in [4.78, 5) is 27.8. The molecule has 3 aromatic rings. The minimum Gasteiger partial charge on any atom is -0.496 e.